The number of sulfonamides is 1. The van der Waals surface area contributed by atoms with Gasteiger partial charge in [0, 0.05) is 12.2 Å². The van der Waals surface area contributed by atoms with E-state index in [1.54, 1.807) is 12.1 Å². The molecule has 0 bridgehead atoms. The Bertz CT molecular complexity index is 984. The predicted octanol–water partition coefficient (Wildman–Crippen LogP) is 3.56. The van der Waals surface area contributed by atoms with Crippen molar-refractivity contribution >= 4 is 33.2 Å². The number of nitrogens with one attached hydrogen (secondary N) is 1. The molecule has 1 amide bonds. The van der Waals surface area contributed by atoms with E-state index in [2.05, 4.69) is 5.32 Å². The number of carbonyl (C=O) groups excluding carboxylic acids is 1. The molecule has 0 aliphatic rings. The van der Waals surface area contributed by atoms with Gasteiger partial charge in [0.15, 0.2) is 0 Å². The summed E-state index contributed by atoms with van der Waals surface area (Å²) >= 11 is 5.88. The van der Waals surface area contributed by atoms with Crippen molar-refractivity contribution in [1.29, 1.82) is 5.26 Å². The van der Waals surface area contributed by atoms with Crippen molar-refractivity contribution in [3.05, 3.63) is 58.6 Å². The highest BCUT2D eigenvalue weighted by Gasteiger charge is 2.27. The van der Waals surface area contributed by atoms with Crippen molar-refractivity contribution in [2.45, 2.75) is 25.2 Å². The third-order valence-corrected chi connectivity index (χ3v) is 6.08. The van der Waals surface area contributed by atoms with Crippen LogP contribution in [0.4, 0.5) is 5.69 Å². The standard InChI is InChI=1S/C19H20ClN3O3S/c1-3-10-23(13-19(24)22-18-7-5-4-6-14(18)2)27(25,26)16-8-9-17(20)15(11-16)12-21/h4-9,11H,3,10,13H2,1-2H3,(H,22,24). The number of halogens is 1. The summed E-state index contributed by atoms with van der Waals surface area (Å²) < 4.78 is 27.0. The number of amides is 1. The molecular formula is C19H20ClN3O3S. The molecule has 2 aromatic carbocycles. The topological polar surface area (TPSA) is 90.3 Å². The molecule has 8 heteroatoms. The summed E-state index contributed by atoms with van der Waals surface area (Å²) in [5.41, 5.74) is 1.58. The first-order valence-electron chi connectivity index (χ1n) is 8.35. The fraction of sp³-hybridized carbons (Fsp3) is 0.263. The van der Waals surface area contributed by atoms with Gasteiger partial charge in [-0.3, -0.25) is 4.79 Å². The van der Waals surface area contributed by atoms with E-state index in [-0.39, 0.29) is 28.6 Å². The molecule has 0 fully saturated rings. The fourth-order valence-electron chi connectivity index (χ4n) is 2.50. The molecule has 142 valence electrons. The van der Waals surface area contributed by atoms with Crippen LogP contribution >= 0.6 is 11.6 Å². The van der Waals surface area contributed by atoms with Crippen LogP contribution in [0.25, 0.3) is 0 Å². The van der Waals surface area contributed by atoms with E-state index < -0.39 is 15.9 Å². The first-order valence-corrected chi connectivity index (χ1v) is 10.2. The van der Waals surface area contributed by atoms with Crippen LogP contribution in [0.15, 0.2) is 47.4 Å². The molecule has 0 aliphatic carbocycles. The number of benzene rings is 2. The van der Waals surface area contributed by atoms with Gasteiger partial charge < -0.3 is 5.32 Å². The Balaban J connectivity index is 2.26. The number of hydrogen-bond acceptors (Lipinski definition) is 4. The maximum absolute atomic E-state index is 13.0. The summed E-state index contributed by atoms with van der Waals surface area (Å²) in [4.78, 5) is 12.3. The number of nitriles is 1. The number of nitrogens with zero attached hydrogens (tertiary/aromatic N) is 2. The number of para-hydroxylation sites is 1. The summed E-state index contributed by atoms with van der Waals surface area (Å²) in [5, 5.41) is 12.0. The van der Waals surface area contributed by atoms with Gasteiger partial charge in [0.05, 0.1) is 22.0 Å². The molecule has 0 atom stereocenters. The second kappa shape index (κ2) is 9.00. The molecule has 2 rings (SSSR count). The van der Waals surface area contributed by atoms with Crippen LogP contribution in [0, 0.1) is 18.3 Å². The highest BCUT2D eigenvalue weighted by molar-refractivity contribution is 7.89. The number of rotatable bonds is 7. The van der Waals surface area contributed by atoms with E-state index in [9.17, 15) is 13.2 Å². The van der Waals surface area contributed by atoms with E-state index >= 15 is 0 Å². The summed E-state index contributed by atoms with van der Waals surface area (Å²) in [5.74, 6) is -0.434. The minimum Gasteiger partial charge on any atom is -0.325 e. The minimum absolute atomic E-state index is 0.0681. The normalized spacial score (nSPS) is 11.2. The highest BCUT2D eigenvalue weighted by Crippen LogP contribution is 2.23. The zero-order chi connectivity index (χ0) is 20.0. The Morgan fingerprint density at radius 3 is 2.59 bits per heavy atom. The molecule has 2 aromatic rings. The second-order valence-electron chi connectivity index (χ2n) is 5.96. The number of aryl methyl sites for hydroxylation is 1. The maximum Gasteiger partial charge on any atom is 0.243 e. The zero-order valence-electron chi connectivity index (χ0n) is 15.1. The first kappa shape index (κ1) is 20.9. The van der Waals surface area contributed by atoms with E-state index in [1.165, 1.54) is 18.2 Å². The van der Waals surface area contributed by atoms with Gasteiger partial charge in [0.2, 0.25) is 15.9 Å². The summed E-state index contributed by atoms with van der Waals surface area (Å²) in [6.07, 6.45) is 0.537. The van der Waals surface area contributed by atoms with Crippen LogP contribution in [0.5, 0.6) is 0 Å². The van der Waals surface area contributed by atoms with Crippen LogP contribution in [0.1, 0.15) is 24.5 Å². The van der Waals surface area contributed by atoms with Gasteiger partial charge in [0.1, 0.15) is 6.07 Å². The third-order valence-electron chi connectivity index (χ3n) is 3.91. The Morgan fingerprint density at radius 2 is 1.96 bits per heavy atom. The molecular weight excluding hydrogens is 386 g/mol. The van der Waals surface area contributed by atoms with Gasteiger partial charge in [-0.25, -0.2) is 8.42 Å². The van der Waals surface area contributed by atoms with Gasteiger partial charge >= 0.3 is 0 Å². The summed E-state index contributed by atoms with van der Waals surface area (Å²) in [6, 6.07) is 13.0. The van der Waals surface area contributed by atoms with Crippen molar-refractivity contribution in [3.63, 3.8) is 0 Å². The highest BCUT2D eigenvalue weighted by atomic mass is 35.5. The molecule has 6 nitrogen and oxygen atoms in total. The van der Waals surface area contributed by atoms with Gasteiger partial charge in [0.25, 0.3) is 0 Å². The molecule has 1 N–H and O–H groups in total. The molecule has 0 unspecified atom stereocenters. The Morgan fingerprint density at radius 1 is 1.26 bits per heavy atom. The number of hydrogen-bond donors (Lipinski definition) is 1. The average Bonchev–Trinajstić information content (AvgIpc) is 2.63. The largest absolute Gasteiger partial charge is 0.325 e. The van der Waals surface area contributed by atoms with Crippen LogP contribution in [0.2, 0.25) is 5.02 Å². The molecule has 0 aromatic heterocycles. The third kappa shape index (κ3) is 5.07. The Hall–Kier alpha value is -2.40. The van der Waals surface area contributed by atoms with Crippen LogP contribution < -0.4 is 5.32 Å². The van der Waals surface area contributed by atoms with Gasteiger partial charge in [-0.15, -0.1) is 0 Å². The van der Waals surface area contributed by atoms with Crippen LogP contribution in [-0.4, -0.2) is 31.7 Å². The molecule has 0 spiro atoms. The van der Waals surface area contributed by atoms with E-state index in [1.807, 2.05) is 32.0 Å². The Kier molecular flexibility index (Phi) is 6.97. The zero-order valence-corrected chi connectivity index (χ0v) is 16.6. The number of carbonyl (C=O) groups is 1. The molecule has 0 heterocycles. The van der Waals surface area contributed by atoms with Crippen molar-refractivity contribution < 1.29 is 13.2 Å². The Labute approximate surface area is 164 Å². The molecule has 0 saturated heterocycles. The fourth-order valence-corrected chi connectivity index (χ4v) is 4.17. The predicted molar refractivity (Wildman–Crippen MR) is 105 cm³/mol. The first-order chi connectivity index (χ1) is 12.8. The average molecular weight is 406 g/mol. The lowest BCUT2D eigenvalue weighted by Gasteiger charge is -2.21. The van der Waals surface area contributed by atoms with Crippen molar-refractivity contribution in [2.24, 2.45) is 0 Å². The smallest absolute Gasteiger partial charge is 0.243 e. The lowest BCUT2D eigenvalue weighted by atomic mass is 10.2. The van der Waals surface area contributed by atoms with Gasteiger partial charge in [-0.1, -0.05) is 36.7 Å². The quantitative estimate of drug-likeness (QED) is 0.762. The van der Waals surface area contributed by atoms with Gasteiger partial charge in [-0.05, 0) is 43.2 Å². The van der Waals surface area contributed by atoms with E-state index in [0.29, 0.717) is 12.1 Å². The molecule has 0 radical (unpaired) electrons. The minimum atomic E-state index is -3.95. The lowest BCUT2D eigenvalue weighted by molar-refractivity contribution is -0.116. The van der Waals surface area contributed by atoms with Crippen molar-refractivity contribution in [1.82, 2.24) is 4.31 Å². The lowest BCUT2D eigenvalue weighted by Crippen LogP contribution is -2.38. The maximum atomic E-state index is 13.0. The molecule has 27 heavy (non-hydrogen) atoms. The van der Waals surface area contributed by atoms with E-state index in [4.69, 9.17) is 16.9 Å². The monoisotopic (exact) mass is 405 g/mol. The van der Waals surface area contributed by atoms with Crippen molar-refractivity contribution in [2.75, 3.05) is 18.4 Å². The summed E-state index contributed by atoms with van der Waals surface area (Å²) in [7, 11) is -3.95. The summed E-state index contributed by atoms with van der Waals surface area (Å²) in [6.45, 7) is 3.53. The second-order valence-corrected chi connectivity index (χ2v) is 8.30. The van der Waals surface area contributed by atoms with Crippen LogP contribution in [0.3, 0.4) is 0 Å². The van der Waals surface area contributed by atoms with Crippen LogP contribution in [-0.2, 0) is 14.8 Å². The van der Waals surface area contributed by atoms with E-state index in [0.717, 1.165) is 9.87 Å². The van der Waals surface area contributed by atoms with Gasteiger partial charge in [-0.2, -0.15) is 9.57 Å². The SMILES string of the molecule is CCCN(CC(=O)Nc1ccccc1C)S(=O)(=O)c1ccc(Cl)c(C#N)c1. The number of anilines is 1. The van der Waals surface area contributed by atoms with Crippen molar-refractivity contribution in [3.8, 4) is 6.07 Å². The molecule has 0 saturated carbocycles. The molecule has 0 aliphatic heterocycles.